The molecule has 4 aromatic rings. The maximum absolute atomic E-state index is 13.8. The Kier molecular flexibility index (Phi) is 2.44. The number of aryl methyl sites for hydroxylation is 1. The fourth-order valence-electron chi connectivity index (χ4n) is 2.49. The lowest BCUT2D eigenvalue weighted by atomic mass is 10.1. The van der Waals surface area contributed by atoms with Gasteiger partial charge in [0.15, 0.2) is 17.3 Å². The molecule has 110 valence electrons. The lowest BCUT2D eigenvalue weighted by Gasteiger charge is -2.02. The second-order valence-corrected chi connectivity index (χ2v) is 4.97. The summed E-state index contributed by atoms with van der Waals surface area (Å²) in [6.07, 6.45) is 3.11. The van der Waals surface area contributed by atoms with Gasteiger partial charge < -0.3 is 15.3 Å². The van der Waals surface area contributed by atoms with Crippen LogP contribution in [-0.4, -0.2) is 24.5 Å². The number of hydrogen-bond acceptors (Lipinski definition) is 4. The average molecular weight is 300 g/mol. The normalized spacial score (nSPS) is 11.6. The van der Waals surface area contributed by atoms with Crippen LogP contribution in [0.25, 0.3) is 33.5 Å². The van der Waals surface area contributed by atoms with Gasteiger partial charge in [0.25, 0.3) is 0 Å². The maximum atomic E-state index is 13.8. The van der Waals surface area contributed by atoms with Crippen molar-refractivity contribution < 1.29 is 8.78 Å². The fourth-order valence-corrected chi connectivity index (χ4v) is 2.49. The molecule has 3 heterocycles. The van der Waals surface area contributed by atoms with Crippen LogP contribution in [0.5, 0.6) is 0 Å². The van der Waals surface area contributed by atoms with Gasteiger partial charge in [-0.05, 0) is 6.07 Å². The topological polar surface area (TPSA) is 85.4 Å². The summed E-state index contributed by atoms with van der Waals surface area (Å²) in [6.45, 7) is 0. The number of nitrogens with two attached hydrogens (primary N) is 1. The van der Waals surface area contributed by atoms with Crippen molar-refractivity contribution in [3.63, 3.8) is 0 Å². The van der Waals surface area contributed by atoms with Gasteiger partial charge >= 0.3 is 0 Å². The molecule has 6 nitrogen and oxygen atoms in total. The van der Waals surface area contributed by atoms with Crippen LogP contribution in [0.2, 0.25) is 0 Å². The Labute approximate surface area is 122 Å². The van der Waals surface area contributed by atoms with Gasteiger partial charge in [-0.15, -0.1) is 0 Å². The van der Waals surface area contributed by atoms with Crippen LogP contribution in [0, 0.1) is 11.6 Å². The highest BCUT2D eigenvalue weighted by Gasteiger charge is 2.16. The van der Waals surface area contributed by atoms with Crippen molar-refractivity contribution in [2.45, 2.75) is 0 Å². The molecule has 0 unspecified atom stereocenters. The van der Waals surface area contributed by atoms with E-state index in [1.807, 2.05) is 0 Å². The predicted molar refractivity (Wildman–Crippen MR) is 77.9 cm³/mol. The number of fused-ring (bicyclic) bond motifs is 2. The van der Waals surface area contributed by atoms with Crippen LogP contribution >= 0.6 is 0 Å². The number of nitrogen functional groups attached to an aromatic ring is 1. The Morgan fingerprint density at radius 3 is 2.86 bits per heavy atom. The lowest BCUT2D eigenvalue weighted by molar-refractivity contribution is 0.591. The van der Waals surface area contributed by atoms with Crippen LogP contribution in [0.15, 0.2) is 24.7 Å². The number of hydrogen-bond donors (Lipinski definition) is 2. The largest absolute Gasteiger partial charge is 0.382 e. The smallest absolute Gasteiger partial charge is 0.166 e. The van der Waals surface area contributed by atoms with Crippen molar-refractivity contribution in [2.75, 3.05) is 5.73 Å². The van der Waals surface area contributed by atoms with Crippen LogP contribution in [0.1, 0.15) is 0 Å². The zero-order chi connectivity index (χ0) is 15.4. The van der Waals surface area contributed by atoms with E-state index >= 15 is 0 Å². The van der Waals surface area contributed by atoms with Crippen LogP contribution in [-0.2, 0) is 7.05 Å². The highest BCUT2D eigenvalue weighted by Crippen LogP contribution is 2.30. The highest BCUT2D eigenvalue weighted by atomic mass is 19.1. The molecule has 0 aliphatic rings. The number of halogens is 2. The van der Waals surface area contributed by atoms with Gasteiger partial charge in [-0.25, -0.2) is 23.7 Å². The maximum Gasteiger partial charge on any atom is 0.166 e. The SMILES string of the molecule is Cn1cnc2c(N)nc(-c3c[nH]c4c(F)cc(F)cc34)nc21. The predicted octanol–water partition coefficient (Wildman–Crippen LogP) is 2.37. The van der Waals surface area contributed by atoms with Crippen molar-refractivity contribution in [2.24, 2.45) is 7.05 Å². The number of nitrogens with one attached hydrogen (secondary N) is 1. The Morgan fingerprint density at radius 2 is 2.05 bits per heavy atom. The van der Waals surface area contributed by atoms with E-state index in [4.69, 9.17) is 5.73 Å². The van der Waals surface area contributed by atoms with Crippen molar-refractivity contribution in [3.8, 4) is 11.4 Å². The molecule has 0 fully saturated rings. The number of aromatic nitrogens is 5. The summed E-state index contributed by atoms with van der Waals surface area (Å²) in [5, 5.41) is 0.360. The van der Waals surface area contributed by atoms with Gasteiger partial charge in [0.05, 0.1) is 11.8 Å². The highest BCUT2D eigenvalue weighted by molar-refractivity contribution is 5.95. The quantitative estimate of drug-likeness (QED) is 0.565. The monoisotopic (exact) mass is 300 g/mol. The summed E-state index contributed by atoms with van der Waals surface area (Å²) in [7, 11) is 1.78. The van der Waals surface area contributed by atoms with Gasteiger partial charge in [0.1, 0.15) is 17.2 Å². The molecule has 0 bridgehead atoms. The summed E-state index contributed by atoms with van der Waals surface area (Å²) in [6, 6.07) is 2.05. The minimum Gasteiger partial charge on any atom is -0.382 e. The summed E-state index contributed by atoms with van der Waals surface area (Å²) in [4.78, 5) is 15.5. The molecule has 0 spiro atoms. The molecule has 0 amide bonds. The van der Waals surface area contributed by atoms with Crippen LogP contribution in [0.3, 0.4) is 0 Å². The number of rotatable bonds is 1. The van der Waals surface area contributed by atoms with Crippen molar-refractivity contribution in [1.29, 1.82) is 0 Å². The number of imidazole rings is 1. The molecule has 0 saturated carbocycles. The van der Waals surface area contributed by atoms with E-state index in [9.17, 15) is 8.78 Å². The molecule has 0 atom stereocenters. The standard InChI is InChI=1S/C14H10F2N6/c1-22-5-19-11-12(17)20-13(21-14(11)22)8-4-18-10-7(8)2-6(15)3-9(10)16/h2-5,18H,1H3,(H2,17,20,21). The zero-order valence-corrected chi connectivity index (χ0v) is 11.4. The van der Waals surface area contributed by atoms with Gasteiger partial charge in [0, 0.05) is 30.3 Å². The van der Waals surface area contributed by atoms with E-state index in [-0.39, 0.29) is 17.2 Å². The average Bonchev–Trinajstić information content (AvgIpc) is 3.04. The Morgan fingerprint density at radius 1 is 1.23 bits per heavy atom. The van der Waals surface area contributed by atoms with E-state index in [0.717, 1.165) is 6.07 Å². The molecule has 4 rings (SSSR count). The van der Waals surface area contributed by atoms with E-state index in [2.05, 4.69) is 19.9 Å². The third kappa shape index (κ3) is 1.67. The van der Waals surface area contributed by atoms with Gasteiger partial charge in [-0.1, -0.05) is 0 Å². The number of aromatic amines is 1. The van der Waals surface area contributed by atoms with E-state index in [1.165, 1.54) is 12.3 Å². The first-order chi connectivity index (χ1) is 10.5. The van der Waals surface area contributed by atoms with Crippen molar-refractivity contribution in [3.05, 3.63) is 36.3 Å². The van der Waals surface area contributed by atoms with E-state index in [1.54, 1.807) is 17.9 Å². The first-order valence-electron chi connectivity index (χ1n) is 6.45. The zero-order valence-electron chi connectivity index (χ0n) is 11.4. The van der Waals surface area contributed by atoms with Gasteiger partial charge in [-0.2, -0.15) is 0 Å². The number of benzene rings is 1. The molecule has 0 aliphatic carbocycles. The second-order valence-electron chi connectivity index (χ2n) is 4.97. The molecule has 0 aliphatic heterocycles. The molecule has 22 heavy (non-hydrogen) atoms. The molecular weight excluding hydrogens is 290 g/mol. The van der Waals surface area contributed by atoms with Crippen LogP contribution < -0.4 is 5.73 Å². The van der Waals surface area contributed by atoms with Crippen molar-refractivity contribution >= 4 is 27.9 Å². The third-order valence-electron chi connectivity index (χ3n) is 3.53. The first-order valence-corrected chi connectivity index (χ1v) is 6.45. The molecule has 3 aromatic heterocycles. The number of anilines is 1. The Bertz CT molecular complexity index is 1030. The Balaban J connectivity index is 2.05. The number of nitrogens with zero attached hydrogens (tertiary/aromatic N) is 4. The minimum absolute atomic E-state index is 0.198. The second kappa shape index (κ2) is 4.23. The van der Waals surface area contributed by atoms with E-state index < -0.39 is 11.6 Å². The molecule has 8 heteroatoms. The lowest BCUT2D eigenvalue weighted by Crippen LogP contribution is -1.99. The summed E-state index contributed by atoms with van der Waals surface area (Å²) in [5.41, 5.74) is 7.61. The number of H-pyrrole nitrogens is 1. The summed E-state index contributed by atoms with van der Waals surface area (Å²) >= 11 is 0. The minimum atomic E-state index is -0.671. The first kappa shape index (κ1) is 12.7. The van der Waals surface area contributed by atoms with Crippen LogP contribution in [0.4, 0.5) is 14.6 Å². The third-order valence-corrected chi connectivity index (χ3v) is 3.53. The molecule has 0 saturated heterocycles. The van der Waals surface area contributed by atoms with Gasteiger partial charge in [0.2, 0.25) is 0 Å². The van der Waals surface area contributed by atoms with E-state index in [0.29, 0.717) is 22.1 Å². The molecule has 3 N–H and O–H groups in total. The molecule has 1 aromatic carbocycles. The summed E-state index contributed by atoms with van der Waals surface area (Å²) < 4.78 is 29.0. The molecular formula is C14H10F2N6. The van der Waals surface area contributed by atoms with Crippen molar-refractivity contribution in [1.82, 2.24) is 24.5 Å². The Hall–Kier alpha value is -3.03. The summed E-state index contributed by atoms with van der Waals surface area (Å²) in [5.74, 6) is -0.840. The fraction of sp³-hybridized carbons (Fsp3) is 0.0714. The molecule has 0 radical (unpaired) electrons. The van der Waals surface area contributed by atoms with Gasteiger partial charge in [-0.3, -0.25) is 0 Å².